The van der Waals surface area contributed by atoms with Crippen LogP contribution in [0, 0.1) is 19.3 Å². The highest BCUT2D eigenvalue weighted by Gasteiger charge is 2.20. The lowest BCUT2D eigenvalue weighted by Crippen LogP contribution is -2.38. The van der Waals surface area contributed by atoms with E-state index in [9.17, 15) is 9.90 Å². The second-order valence-corrected chi connectivity index (χ2v) is 7.00. The summed E-state index contributed by atoms with van der Waals surface area (Å²) in [7, 11) is 1.92. The molecule has 6 nitrogen and oxygen atoms in total. The normalized spacial score (nSPS) is 13.0. The van der Waals surface area contributed by atoms with E-state index >= 15 is 0 Å². The lowest BCUT2D eigenvalue weighted by Gasteiger charge is -2.22. The predicted octanol–water partition coefficient (Wildman–Crippen LogP) is 2.59. The van der Waals surface area contributed by atoms with Crippen molar-refractivity contribution in [1.82, 2.24) is 20.4 Å². The Morgan fingerprint density at radius 3 is 2.52 bits per heavy atom. The van der Waals surface area contributed by atoms with Crippen LogP contribution < -0.4 is 10.6 Å². The second-order valence-electron chi connectivity index (χ2n) is 7.00. The van der Waals surface area contributed by atoms with Gasteiger partial charge in [0.15, 0.2) is 0 Å². The standard InChI is InChI=1S/C17H32N4O2/c1-7-14(15-12(2)20-21(6)13(15)3)19-16(23)18-10-8-9-17(4,5)11-22/h14,22H,7-11H2,1-6H3,(H2,18,19,23). The number of aliphatic hydroxyl groups is 1. The summed E-state index contributed by atoms with van der Waals surface area (Å²) in [5, 5.41) is 19.6. The molecule has 0 aliphatic carbocycles. The average molecular weight is 324 g/mol. The third-order valence-electron chi connectivity index (χ3n) is 4.37. The topological polar surface area (TPSA) is 79.2 Å². The molecule has 0 bridgehead atoms. The Morgan fingerprint density at radius 2 is 2.04 bits per heavy atom. The quantitative estimate of drug-likeness (QED) is 0.643. The van der Waals surface area contributed by atoms with Crippen LogP contribution in [0.1, 0.15) is 63.0 Å². The fraction of sp³-hybridized carbons (Fsp3) is 0.765. The molecule has 0 spiro atoms. The summed E-state index contributed by atoms with van der Waals surface area (Å²) in [6.45, 7) is 10.9. The fourth-order valence-corrected chi connectivity index (χ4v) is 2.73. The average Bonchev–Trinajstić information content (AvgIpc) is 2.74. The predicted molar refractivity (Wildman–Crippen MR) is 92.3 cm³/mol. The molecule has 1 heterocycles. The van der Waals surface area contributed by atoms with Crippen LogP contribution in [0.3, 0.4) is 0 Å². The Morgan fingerprint density at radius 1 is 1.39 bits per heavy atom. The van der Waals surface area contributed by atoms with Crippen LogP contribution in [-0.4, -0.2) is 34.1 Å². The van der Waals surface area contributed by atoms with Crippen molar-refractivity contribution >= 4 is 6.03 Å². The number of carbonyl (C=O) groups excluding carboxylic acids is 1. The number of nitrogens with one attached hydrogen (secondary N) is 2. The molecular formula is C17H32N4O2. The van der Waals surface area contributed by atoms with Gasteiger partial charge >= 0.3 is 6.03 Å². The first-order chi connectivity index (χ1) is 10.7. The molecule has 1 rings (SSSR count). The first-order valence-corrected chi connectivity index (χ1v) is 8.37. The van der Waals surface area contributed by atoms with Gasteiger partial charge in [-0.1, -0.05) is 20.8 Å². The van der Waals surface area contributed by atoms with Crippen LogP contribution in [0.5, 0.6) is 0 Å². The molecule has 2 amide bonds. The summed E-state index contributed by atoms with van der Waals surface area (Å²) in [6, 6.07) is -0.182. The highest BCUT2D eigenvalue weighted by molar-refractivity contribution is 5.74. The van der Waals surface area contributed by atoms with Gasteiger partial charge in [0.1, 0.15) is 0 Å². The third kappa shape index (κ3) is 5.53. The smallest absolute Gasteiger partial charge is 0.315 e. The minimum Gasteiger partial charge on any atom is -0.396 e. The van der Waals surface area contributed by atoms with E-state index in [1.54, 1.807) is 0 Å². The van der Waals surface area contributed by atoms with Gasteiger partial charge in [0.2, 0.25) is 0 Å². The number of hydrogen-bond donors (Lipinski definition) is 3. The molecule has 1 aromatic rings. The van der Waals surface area contributed by atoms with E-state index in [1.807, 2.05) is 39.4 Å². The number of rotatable bonds is 8. The van der Waals surface area contributed by atoms with Gasteiger partial charge in [-0.15, -0.1) is 0 Å². The first-order valence-electron chi connectivity index (χ1n) is 8.37. The number of aliphatic hydroxyl groups excluding tert-OH is 1. The Kier molecular flexibility index (Phi) is 7.06. The molecule has 6 heteroatoms. The van der Waals surface area contributed by atoms with Crippen LogP contribution in [0.2, 0.25) is 0 Å². The Labute approximate surface area is 139 Å². The summed E-state index contributed by atoms with van der Waals surface area (Å²) >= 11 is 0. The van der Waals surface area contributed by atoms with Crippen molar-refractivity contribution in [2.24, 2.45) is 12.5 Å². The van der Waals surface area contributed by atoms with Gasteiger partial charge in [-0.25, -0.2) is 4.79 Å². The number of nitrogens with zero attached hydrogens (tertiary/aromatic N) is 2. The molecule has 0 radical (unpaired) electrons. The van der Waals surface area contributed by atoms with Crippen molar-refractivity contribution in [2.45, 2.75) is 59.9 Å². The van der Waals surface area contributed by atoms with E-state index in [4.69, 9.17) is 0 Å². The molecule has 0 aromatic carbocycles. The van der Waals surface area contributed by atoms with Gasteiger partial charge in [-0.3, -0.25) is 4.68 Å². The molecule has 0 fully saturated rings. The molecule has 1 atom stereocenters. The van der Waals surface area contributed by atoms with E-state index < -0.39 is 0 Å². The Bertz CT molecular complexity index is 523. The maximum absolute atomic E-state index is 12.1. The van der Waals surface area contributed by atoms with E-state index in [1.165, 1.54) is 0 Å². The SMILES string of the molecule is CCC(NC(=O)NCCCC(C)(C)CO)c1c(C)nn(C)c1C. The maximum atomic E-state index is 12.1. The maximum Gasteiger partial charge on any atom is 0.315 e. The van der Waals surface area contributed by atoms with Crippen molar-refractivity contribution in [2.75, 3.05) is 13.2 Å². The van der Waals surface area contributed by atoms with Gasteiger partial charge in [0.05, 0.1) is 11.7 Å². The lowest BCUT2D eigenvalue weighted by molar-refractivity contribution is 0.148. The van der Waals surface area contributed by atoms with Crippen LogP contribution in [0.25, 0.3) is 0 Å². The molecule has 0 aliphatic heterocycles. The van der Waals surface area contributed by atoms with Crippen LogP contribution in [-0.2, 0) is 7.05 Å². The Hall–Kier alpha value is -1.56. The minimum atomic E-state index is -0.152. The summed E-state index contributed by atoms with van der Waals surface area (Å²) in [6.07, 6.45) is 2.54. The number of amides is 2. The highest BCUT2D eigenvalue weighted by atomic mass is 16.3. The zero-order valence-corrected chi connectivity index (χ0v) is 15.4. The molecule has 0 saturated carbocycles. The first kappa shape index (κ1) is 19.5. The van der Waals surface area contributed by atoms with Gasteiger partial charge in [-0.05, 0) is 38.5 Å². The molecule has 1 aromatic heterocycles. The van der Waals surface area contributed by atoms with Crippen molar-refractivity contribution in [3.63, 3.8) is 0 Å². The van der Waals surface area contributed by atoms with Gasteiger partial charge in [0, 0.05) is 31.5 Å². The number of aryl methyl sites for hydroxylation is 2. The molecule has 0 saturated heterocycles. The third-order valence-corrected chi connectivity index (χ3v) is 4.37. The van der Waals surface area contributed by atoms with Crippen molar-refractivity contribution in [1.29, 1.82) is 0 Å². The van der Waals surface area contributed by atoms with E-state index in [0.717, 1.165) is 36.2 Å². The number of aromatic nitrogens is 2. The van der Waals surface area contributed by atoms with E-state index in [-0.39, 0.29) is 24.1 Å². The van der Waals surface area contributed by atoms with E-state index in [2.05, 4.69) is 22.7 Å². The number of urea groups is 1. The summed E-state index contributed by atoms with van der Waals surface area (Å²) in [5.74, 6) is 0. The summed E-state index contributed by atoms with van der Waals surface area (Å²) in [5.41, 5.74) is 3.06. The molecule has 23 heavy (non-hydrogen) atoms. The molecule has 132 valence electrons. The fourth-order valence-electron chi connectivity index (χ4n) is 2.73. The zero-order valence-electron chi connectivity index (χ0n) is 15.4. The van der Waals surface area contributed by atoms with Crippen molar-refractivity contribution in [3.8, 4) is 0 Å². The zero-order chi connectivity index (χ0) is 17.6. The largest absolute Gasteiger partial charge is 0.396 e. The Balaban J connectivity index is 2.51. The summed E-state index contributed by atoms with van der Waals surface area (Å²) in [4.78, 5) is 12.1. The molecule has 1 unspecified atom stereocenters. The van der Waals surface area contributed by atoms with Crippen LogP contribution in [0.4, 0.5) is 4.79 Å². The second kappa shape index (κ2) is 8.34. The van der Waals surface area contributed by atoms with Crippen LogP contribution >= 0.6 is 0 Å². The highest BCUT2D eigenvalue weighted by Crippen LogP contribution is 2.23. The molecular weight excluding hydrogens is 292 g/mol. The van der Waals surface area contributed by atoms with Gasteiger partial charge in [0.25, 0.3) is 0 Å². The number of carbonyl (C=O) groups is 1. The molecule has 3 N–H and O–H groups in total. The monoisotopic (exact) mass is 324 g/mol. The van der Waals surface area contributed by atoms with E-state index in [0.29, 0.717) is 6.54 Å². The lowest BCUT2D eigenvalue weighted by atomic mass is 9.89. The molecule has 0 aliphatic rings. The van der Waals surface area contributed by atoms with Crippen LogP contribution in [0.15, 0.2) is 0 Å². The minimum absolute atomic E-state index is 0.0300. The number of hydrogen-bond acceptors (Lipinski definition) is 3. The van der Waals surface area contributed by atoms with Crippen molar-refractivity contribution < 1.29 is 9.90 Å². The van der Waals surface area contributed by atoms with Gasteiger partial charge < -0.3 is 15.7 Å². The van der Waals surface area contributed by atoms with Crippen molar-refractivity contribution in [3.05, 3.63) is 17.0 Å². The summed E-state index contributed by atoms with van der Waals surface area (Å²) < 4.78 is 1.85. The van der Waals surface area contributed by atoms with Gasteiger partial charge in [-0.2, -0.15) is 5.10 Å².